The number of hydrogen-bond donors (Lipinski definition) is 1. The van der Waals surface area contributed by atoms with Crippen molar-refractivity contribution in [2.45, 2.75) is 51.5 Å². The van der Waals surface area contributed by atoms with Crippen molar-refractivity contribution in [1.29, 1.82) is 0 Å². The van der Waals surface area contributed by atoms with Gasteiger partial charge in [0, 0.05) is 17.7 Å². The quantitative estimate of drug-likeness (QED) is 0.620. The molecular formula is C21H22N4O4S. The average molecular weight is 426 g/mol. The van der Waals surface area contributed by atoms with Crippen LogP contribution in [0.25, 0.3) is 0 Å². The molecule has 0 fully saturated rings. The molecule has 8 nitrogen and oxygen atoms in total. The molecule has 0 unspecified atom stereocenters. The maximum absolute atomic E-state index is 12.2. The molecule has 1 N–H and O–H groups in total. The molecule has 0 radical (unpaired) electrons. The molecule has 0 atom stereocenters. The van der Waals surface area contributed by atoms with Gasteiger partial charge in [0.05, 0.1) is 18.7 Å². The summed E-state index contributed by atoms with van der Waals surface area (Å²) in [6.07, 6.45) is 5.85. The first-order valence-electron chi connectivity index (χ1n) is 10.2. The van der Waals surface area contributed by atoms with Gasteiger partial charge in [-0.1, -0.05) is 6.07 Å². The Balaban J connectivity index is 1.09. The van der Waals surface area contributed by atoms with Crippen LogP contribution in [-0.4, -0.2) is 27.9 Å². The van der Waals surface area contributed by atoms with Crippen molar-refractivity contribution >= 4 is 17.2 Å². The lowest BCUT2D eigenvalue weighted by molar-refractivity contribution is -0.121. The van der Waals surface area contributed by atoms with Crippen molar-refractivity contribution in [2.24, 2.45) is 0 Å². The summed E-state index contributed by atoms with van der Waals surface area (Å²) in [5.41, 5.74) is 2.22. The van der Waals surface area contributed by atoms with E-state index < -0.39 is 0 Å². The lowest BCUT2D eigenvalue weighted by atomic mass is 10.0. The fourth-order valence-electron chi connectivity index (χ4n) is 3.65. The van der Waals surface area contributed by atoms with Crippen LogP contribution in [0.4, 0.5) is 0 Å². The van der Waals surface area contributed by atoms with Crippen LogP contribution >= 0.6 is 11.3 Å². The highest BCUT2D eigenvalue weighted by Crippen LogP contribution is 2.33. The zero-order chi connectivity index (χ0) is 20.3. The topological polar surface area (TPSA) is 99.4 Å². The van der Waals surface area contributed by atoms with Crippen LogP contribution in [0.15, 0.2) is 22.6 Å². The third-order valence-electron chi connectivity index (χ3n) is 5.19. The molecule has 0 bridgehead atoms. The van der Waals surface area contributed by atoms with Gasteiger partial charge < -0.3 is 19.2 Å². The molecule has 3 aromatic rings. The van der Waals surface area contributed by atoms with Gasteiger partial charge in [-0.15, -0.1) is 21.5 Å². The summed E-state index contributed by atoms with van der Waals surface area (Å²) in [5.74, 6) is 2.40. The molecule has 0 saturated heterocycles. The molecule has 9 heteroatoms. The van der Waals surface area contributed by atoms with Crippen LogP contribution in [0.2, 0.25) is 0 Å². The second kappa shape index (κ2) is 8.43. The first-order chi connectivity index (χ1) is 14.7. The highest BCUT2D eigenvalue weighted by Gasteiger charge is 2.17. The average Bonchev–Trinajstić information content (AvgIpc) is 3.49. The Labute approximate surface area is 177 Å². The van der Waals surface area contributed by atoms with Gasteiger partial charge in [-0.2, -0.15) is 0 Å². The van der Waals surface area contributed by atoms with Gasteiger partial charge in [0.1, 0.15) is 5.01 Å². The molecule has 1 aliphatic heterocycles. The van der Waals surface area contributed by atoms with E-state index >= 15 is 0 Å². The third kappa shape index (κ3) is 4.30. The number of aryl methyl sites for hydroxylation is 3. The number of fused-ring (bicyclic) bond motifs is 2. The summed E-state index contributed by atoms with van der Waals surface area (Å²) < 4.78 is 16.4. The van der Waals surface area contributed by atoms with Crippen molar-refractivity contribution in [3.8, 4) is 11.5 Å². The first kappa shape index (κ1) is 19.0. The fourth-order valence-corrected chi connectivity index (χ4v) is 4.75. The summed E-state index contributed by atoms with van der Waals surface area (Å²) in [6.45, 7) is 0.728. The molecule has 1 amide bonds. The van der Waals surface area contributed by atoms with E-state index in [9.17, 15) is 4.79 Å². The summed E-state index contributed by atoms with van der Waals surface area (Å²) in [4.78, 5) is 18.2. The lowest BCUT2D eigenvalue weighted by Crippen LogP contribution is -2.23. The van der Waals surface area contributed by atoms with E-state index in [1.54, 1.807) is 11.3 Å². The standard InChI is InChI=1S/C21H22N4O4S/c26-18(22-11-21-23-14-3-1-2-4-17(14)30-21)7-8-19-24-25-20(29-19)10-13-5-6-15-16(9-13)28-12-27-15/h5-6,9H,1-4,7-8,10-12H2,(H,22,26). The number of nitrogens with zero attached hydrogens (tertiary/aromatic N) is 3. The van der Waals surface area contributed by atoms with Crippen molar-refractivity contribution in [2.75, 3.05) is 6.79 Å². The molecule has 2 aromatic heterocycles. The summed E-state index contributed by atoms with van der Waals surface area (Å²) in [5, 5.41) is 12.1. The van der Waals surface area contributed by atoms with Crippen molar-refractivity contribution in [1.82, 2.24) is 20.5 Å². The molecular weight excluding hydrogens is 404 g/mol. The van der Waals surface area contributed by atoms with Crippen LogP contribution < -0.4 is 14.8 Å². The van der Waals surface area contributed by atoms with E-state index in [4.69, 9.17) is 13.9 Å². The minimum atomic E-state index is -0.0429. The van der Waals surface area contributed by atoms with Crippen molar-refractivity contribution < 1.29 is 18.7 Å². The number of nitrogens with one attached hydrogen (secondary N) is 1. The number of carbonyl (C=O) groups is 1. The zero-order valence-corrected chi connectivity index (χ0v) is 17.3. The number of aromatic nitrogens is 3. The smallest absolute Gasteiger partial charge is 0.231 e. The second-order valence-corrected chi connectivity index (χ2v) is 8.58. The maximum atomic E-state index is 12.2. The molecule has 30 heavy (non-hydrogen) atoms. The van der Waals surface area contributed by atoms with Gasteiger partial charge in [0.25, 0.3) is 0 Å². The monoisotopic (exact) mass is 426 g/mol. The number of thiazole rings is 1. The lowest BCUT2D eigenvalue weighted by Gasteiger charge is -2.06. The van der Waals surface area contributed by atoms with E-state index in [1.165, 1.54) is 23.4 Å². The fraction of sp³-hybridized carbons (Fsp3) is 0.429. The zero-order valence-electron chi connectivity index (χ0n) is 16.5. The Morgan fingerprint density at radius 3 is 2.90 bits per heavy atom. The Bertz CT molecular complexity index is 1040. The molecule has 156 valence electrons. The number of hydrogen-bond acceptors (Lipinski definition) is 8. The number of rotatable bonds is 7. The van der Waals surface area contributed by atoms with Gasteiger partial charge in [-0.25, -0.2) is 4.98 Å². The minimum absolute atomic E-state index is 0.0429. The van der Waals surface area contributed by atoms with E-state index in [-0.39, 0.29) is 12.7 Å². The SMILES string of the molecule is O=C(CCc1nnc(Cc2ccc3c(c2)OCO3)o1)NCc1nc2c(s1)CCCC2. The van der Waals surface area contributed by atoms with E-state index in [0.717, 1.165) is 34.9 Å². The Morgan fingerprint density at radius 1 is 1.10 bits per heavy atom. The molecule has 0 saturated carbocycles. The van der Waals surface area contributed by atoms with Crippen LogP contribution in [0.3, 0.4) is 0 Å². The van der Waals surface area contributed by atoms with E-state index in [0.29, 0.717) is 37.6 Å². The Morgan fingerprint density at radius 2 is 1.97 bits per heavy atom. The van der Waals surface area contributed by atoms with Gasteiger partial charge in [0.15, 0.2) is 11.5 Å². The highest BCUT2D eigenvalue weighted by molar-refractivity contribution is 7.11. The Hall–Kier alpha value is -2.94. The van der Waals surface area contributed by atoms with E-state index in [1.807, 2.05) is 18.2 Å². The van der Waals surface area contributed by atoms with Crippen LogP contribution in [0.1, 0.15) is 52.2 Å². The van der Waals surface area contributed by atoms with Gasteiger partial charge in [-0.3, -0.25) is 4.79 Å². The van der Waals surface area contributed by atoms with Gasteiger partial charge in [0.2, 0.25) is 24.5 Å². The molecule has 5 rings (SSSR count). The van der Waals surface area contributed by atoms with E-state index in [2.05, 4.69) is 20.5 Å². The molecule has 0 spiro atoms. The normalized spacial score (nSPS) is 14.5. The molecule has 1 aromatic carbocycles. The molecule has 2 aliphatic rings. The summed E-state index contributed by atoms with van der Waals surface area (Å²) in [6, 6.07) is 5.73. The Kier molecular flexibility index (Phi) is 5.35. The molecule has 1 aliphatic carbocycles. The van der Waals surface area contributed by atoms with Gasteiger partial charge >= 0.3 is 0 Å². The largest absolute Gasteiger partial charge is 0.454 e. The first-order valence-corrected chi connectivity index (χ1v) is 11.0. The predicted octanol–water partition coefficient (Wildman–Crippen LogP) is 2.97. The number of ether oxygens (including phenoxy) is 2. The van der Waals surface area contributed by atoms with Crippen LogP contribution in [0, 0.1) is 0 Å². The third-order valence-corrected chi connectivity index (χ3v) is 6.35. The number of carbonyl (C=O) groups excluding carboxylic acids is 1. The van der Waals surface area contributed by atoms with Crippen molar-refractivity contribution in [3.05, 3.63) is 51.1 Å². The number of amides is 1. The predicted molar refractivity (Wildman–Crippen MR) is 109 cm³/mol. The van der Waals surface area contributed by atoms with Gasteiger partial charge in [-0.05, 0) is 43.4 Å². The van der Waals surface area contributed by atoms with Crippen LogP contribution in [0.5, 0.6) is 11.5 Å². The van der Waals surface area contributed by atoms with Crippen molar-refractivity contribution in [3.63, 3.8) is 0 Å². The highest BCUT2D eigenvalue weighted by atomic mass is 32.1. The second-order valence-electron chi connectivity index (χ2n) is 7.42. The minimum Gasteiger partial charge on any atom is -0.454 e. The summed E-state index contributed by atoms with van der Waals surface area (Å²) in [7, 11) is 0. The summed E-state index contributed by atoms with van der Waals surface area (Å²) >= 11 is 1.72. The maximum Gasteiger partial charge on any atom is 0.231 e. The number of benzene rings is 1. The molecule has 3 heterocycles. The van der Waals surface area contributed by atoms with Crippen LogP contribution in [-0.2, 0) is 37.0 Å².